The topological polar surface area (TPSA) is 74.8 Å². The molecule has 0 aromatic heterocycles. The fraction of sp³-hybridized carbons (Fsp3) is 0.417. The maximum absolute atomic E-state index is 12.1. The summed E-state index contributed by atoms with van der Waals surface area (Å²) in [4.78, 5) is 16.4. The average Bonchev–Trinajstić information content (AvgIpc) is 2.79. The fourth-order valence-corrected chi connectivity index (χ4v) is 3.08. The third kappa shape index (κ3) is 9.16. The van der Waals surface area contributed by atoms with E-state index in [-0.39, 0.29) is 29.9 Å². The van der Waals surface area contributed by atoms with Crippen molar-refractivity contribution in [2.75, 3.05) is 27.2 Å². The number of halogens is 1. The third-order valence-electron chi connectivity index (χ3n) is 4.96. The number of benzene rings is 2. The van der Waals surface area contributed by atoms with E-state index in [4.69, 9.17) is 4.74 Å². The van der Waals surface area contributed by atoms with Crippen molar-refractivity contribution < 1.29 is 9.53 Å². The van der Waals surface area contributed by atoms with Crippen LogP contribution in [0.4, 0.5) is 0 Å². The molecular weight excluding hydrogens is 503 g/mol. The Balaban J connectivity index is 0.00000480. The van der Waals surface area contributed by atoms with Crippen molar-refractivity contribution in [3.05, 3.63) is 65.2 Å². The van der Waals surface area contributed by atoms with E-state index in [9.17, 15) is 4.79 Å². The Labute approximate surface area is 203 Å². The van der Waals surface area contributed by atoms with Crippen LogP contribution < -0.4 is 20.7 Å². The van der Waals surface area contributed by atoms with Crippen LogP contribution in [0.3, 0.4) is 0 Å². The van der Waals surface area contributed by atoms with E-state index in [1.807, 2.05) is 43.3 Å². The molecule has 0 saturated carbocycles. The van der Waals surface area contributed by atoms with Gasteiger partial charge in [0.25, 0.3) is 5.91 Å². The number of aliphatic imine (C=N–C) groups is 1. The number of amides is 1. The van der Waals surface area contributed by atoms with Crippen molar-refractivity contribution in [2.45, 2.75) is 39.2 Å². The minimum absolute atomic E-state index is 0. The van der Waals surface area contributed by atoms with E-state index in [1.54, 1.807) is 14.2 Å². The molecule has 1 unspecified atom stereocenters. The van der Waals surface area contributed by atoms with Gasteiger partial charge in [0, 0.05) is 32.2 Å². The first-order valence-corrected chi connectivity index (χ1v) is 10.5. The maximum atomic E-state index is 12.1. The molecule has 170 valence electrons. The minimum atomic E-state index is -0.0336. The van der Waals surface area contributed by atoms with Crippen molar-refractivity contribution in [3.63, 3.8) is 0 Å². The maximum Gasteiger partial charge on any atom is 0.251 e. The van der Waals surface area contributed by atoms with Crippen LogP contribution in [-0.2, 0) is 6.54 Å². The highest BCUT2D eigenvalue weighted by atomic mass is 127. The van der Waals surface area contributed by atoms with Crippen LogP contribution in [-0.4, -0.2) is 39.1 Å². The van der Waals surface area contributed by atoms with Crippen LogP contribution in [0.25, 0.3) is 0 Å². The third-order valence-corrected chi connectivity index (χ3v) is 4.96. The van der Waals surface area contributed by atoms with Gasteiger partial charge >= 0.3 is 0 Å². The Morgan fingerprint density at radius 2 is 1.81 bits per heavy atom. The van der Waals surface area contributed by atoms with Crippen molar-refractivity contribution in [1.29, 1.82) is 0 Å². The molecule has 0 aliphatic heterocycles. The average molecular weight is 538 g/mol. The molecule has 1 amide bonds. The zero-order chi connectivity index (χ0) is 21.8. The summed E-state index contributed by atoms with van der Waals surface area (Å²) in [6.07, 6.45) is 1.91. The van der Waals surface area contributed by atoms with E-state index in [0.29, 0.717) is 24.6 Å². The first kappa shape index (κ1) is 26.7. The normalized spacial score (nSPS) is 11.8. The van der Waals surface area contributed by atoms with E-state index < -0.39 is 0 Å². The molecule has 0 heterocycles. The summed E-state index contributed by atoms with van der Waals surface area (Å²) in [6, 6.07) is 15.9. The number of ether oxygens (including phenoxy) is 1. The van der Waals surface area contributed by atoms with Crippen LogP contribution in [0.1, 0.15) is 54.1 Å². The largest absolute Gasteiger partial charge is 0.497 e. The molecule has 2 aromatic rings. The second kappa shape index (κ2) is 14.7. The Morgan fingerprint density at radius 1 is 1.06 bits per heavy atom. The highest BCUT2D eigenvalue weighted by Crippen LogP contribution is 2.21. The van der Waals surface area contributed by atoms with E-state index in [2.05, 4.69) is 40.0 Å². The summed E-state index contributed by atoms with van der Waals surface area (Å²) < 4.78 is 5.22. The summed E-state index contributed by atoms with van der Waals surface area (Å²) >= 11 is 0. The second-order valence-electron chi connectivity index (χ2n) is 7.27. The highest BCUT2D eigenvalue weighted by molar-refractivity contribution is 14.0. The van der Waals surface area contributed by atoms with Crippen LogP contribution in [0.5, 0.6) is 5.75 Å². The van der Waals surface area contributed by atoms with Crippen LogP contribution in [0.15, 0.2) is 53.5 Å². The van der Waals surface area contributed by atoms with Gasteiger partial charge in [-0.25, -0.2) is 0 Å². The summed E-state index contributed by atoms with van der Waals surface area (Å²) in [5.41, 5.74) is 3.01. The molecule has 0 aliphatic rings. The summed E-state index contributed by atoms with van der Waals surface area (Å²) in [5, 5.41) is 9.59. The Bertz CT molecular complexity index is 825. The van der Waals surface area contributed by atoms with E-state index in [0.717, 1.165) is 36.7 Å². The van der Waals surface area contributed by atoms with Gasteiger partial charge in [0.15, 0.2) is 5.96 Å². The first-order valence-electron chi connectivity index (χ1n) is 10.5. The van der Waals surface area contributed by atoms with Crippen LogP contribution >= 0.6 is 24.0 Å². The molecule has 2 rings (SSSR count). The molecule has 0 aliphatic carbocycles. The summed E-state index contributed by atoms with van der Waals surface area (Å²) in [7, 11) is 3.44. The van der Waals surface area contributed by atoms with Gasteiger partial charge < -0.3 is 20.7 Å². The molecule has 3 N–H and O–H groups in total. The van der Waals surface area contributed by atoms with Gasteiger partial charge in [-0.05, 0) is 54.2 Å². The van der Waals surface area contributed by atoms with Crippen LogP contribution in [0, 0.1) is 0 Å². The number of nitrogens with one attached hydrogen (secondary N) is 3. The standard InChI is InChI=1S/C24H34N4O2.HI/c1-5-14-26-23(29)21-8-6-7-19(16-21)17-28-24(25-3)27-15-13-18(2)20-9-11-22(30-4)12-10-20;/h6-12,16,18H,5,13-15,17H2,1-4H3,(H,26,29)(H2,25,27,28);1H. The van der Waals surface area contributed by atoms with E-state index in [1.165, 1.54) is 5.56 Å². The molecule has 31 heavy (non-hydrogen) atoms. The van der Waals surface area contributed by atoms with Gasteiger partial charge in [-0.3, -0.25) is 9.79 Å². The molecule has 6 nitrogen and oxygen atoms in total. The molecular formula is C24H35IN4O2. The lowest BCUT2D eigenvalue weighted by atomic mass is 9.98. The predicted octanol–water partition coefficient (Wildman–Crippen LogP) is 4.31. The number of guanidine groups is 1. The van der Waals surface area contributed by atoms with E-state index >= 15 is 0 Å². The highest BCUT2D eigenvalue weighted by Gasteiger charge is 2.08. The fourth-order valence-electron chi connectivity index (χ4n) is 3.08. The lowest BCUT2D eigenvalue weighted by Gasteiger charge is -2.16. The number of rotatable bonds is 10. The monoisotopic (exact) mass is 538 g/mol. The number of carbonyl (C=O) groups is 1. The second-order valence-corrected chi connectivity index (χ2v) is 7.27. The lowest BCUT2D eigenvalue weighted by Crippen LogP contribution is -2.37. The quantitative estimate of drug-likeness (QED) is 0.240. The molecule has 0 bridgehead atoms. The van der Waals surface area contributed by atoms with Crippen molar-refractivity contribution in [3.8, 4) is 5.75 Å². The Morgan fingerprint density at radius 3 is 2.45 bits per heavy atom. The number of hydrogen-bond acceptors (Lipinski definition) is 3. The van der Waals surface area contributed by atoms with Crippen molar-refractivity contribution in [1.82, 2.24) is 16.0 Å². The Kier molecular flexibility index (Phi) is 12.7. The molecule has 2 aromatic carbocycles. The molecule has 0 radical (unpaired) electrons. The zero-order valence-corrected chi connectivity index (χ0v) is 21.2. The number of carbonyl (C=O) groups excluding carboxylic acids is 1. The smallest absolute Gasteiger partial charge is 0.251 e. The van der Waals surface area contributed by atoms with Gasteiger partial charge in [0.1, 0.15) is 5.75 Å². The van der Waals surface area contributed by atoms with Crippen molar-refractivity contribution >= 4 is 35.8 Å². The predicted molar refractivity (Wildman–Crippen MR) is 139 cm³/mol. The number of nitrogens with zero attached hydrogens (tertiary/aromatic N) is 1. The number of methoxy groups -OCH3 is 1. The molecule has 0 saturated heterocycles. The van der Waals surface area contributed by atoms with Gasteiger partial charge in [-0.1, -0.05) is 38.1 Å². The van der Waals surface area contributed by atoms with Crippen LogP contribution in [0.2, 0.25) is 0 Å². The van der Waals surface area contributed by atoms with Gasteiger partial charge in [0.2, 0.25) is 0 Å². The molecule has 0 fully saturated rings. The molecule has 7 heteroatoms. The summed E-state index contributed by atoms with van der Waals surface area (Å²) in [6.45, 7) is 6.35. The van der Waals surface area contributed by atoms with Gasteiger partial charge in [-0.2, -0.15) is 0 Å². The Hall–Kier alpha value is -2.29. The van der Waals surface area contributed by atoms with Crippen molar-refractivity contribution in [2.24, 2.45) is 4.99 Å². The zero-order valence-electron chi connectivity index (χ0n) is 18.9. The summed E-state index contributed by atoms with van der Waals surface area (Å²) in [5.74, 6) is 2.02. The molecule has 0 spiro atoms. The van der Waals surface area contributed by atoms with Gasteiger partial charge in [-0.15, -0.1) is 24.0 Å². The molecule has 1 atom stereocenters. The minimum Gasteiger partial charge on any atom is -0.497 e. The van der Waals surface area contributed by atoms with Gasteiger partial charge in [0.05, 0.1) is 7.11 Å². The first-order chi connectivity index (χ1) is 14.6. The SMILES string of the molecule is CCCNC(=O)c1cccc(CNC(=NC)NCCC(C)c2ccc(OC)cc2)c1.I. The lowest BCUT2D eigenvalue weighted by molar-refractivity contribution is 0.0953. The number of hydrogen-bond donors (Lipinski definition) is 3.